The normalized spacial score (nSPS) is 11.0. The van der Waals surface area contributed by atoms with Crippen LogP contribution in [0.15, 0.2) is 47.5 Å². The van der Waals surface area contributed by atoms with Gasteiger partial charge in [-0.3, -0.25) is 0 Å². The van der Waals surface area contributed by atoms with E-state index in [-0.39, 0.29) is 42.2 Å². The maximum atomic E-state index is 12.5. The van der Waals surface area contributed by atoms with Crippen LogP contribution in [0.4, 0.5) is 14.5 Å². The summed E-state index contributed by atoms with van der Waals surface area (Å²) in [7, 11) is 1.49. The van der Waals surface area contributed by atoms with Crippen LogP contribution < -0.4 is 20.5 Å². The molecule has 0 atom stereocenters. The number of ether oxygens (including phenoxy) is 2. The van der Waals surface area contributed by atoms with Gasteiger partial charge in [-0.25, -0.2) is 4.99 Å². The standard InChI is InChI=1S/C18H21F2N3O2.HI/c1-3-12-4-6-14(7-5-12)23-18(21)22-11-13-10-15(24-2)8-9-16(13)25-17(19)20;/h4-10,17H,3,11H2,1-2H3,(H3,21,22,23);1H. The Morgan fingerprint density at radius 1 is 1.19 bits per heavy atom. The minimum atomic E-state index is -2.91. The zero-order chi connectivity index (χ0) is 18.2. The lowest BCUT2D eigenvalue weighted by Crippen LogP contribution is -2.22. The maximum Gasteiger partial charge on any atom is 0.387 e. The molecule has 0 heterocycles. The molecule has 0 saturated heterocycles. The van der Waals surface area contributed by atoms with Crippen LogP contribution in [0.3, 0.4) is 0 Å². The van der Waals surface area contributed by atoms with Gasteiger partial charge in [-0.05, 0) is 42.3 Å². The van der Waals surface area contributed by atoms with Crippen LogP contribution in [-0.4, -0.2) is 19.7 Å². The second-order valence-electron chi connectivity index (χ2n) is 5.23. The maximum absolute atomic E-state index is 12.5. The molecule has 3 N–H and O–H groups in total. The van der Waals surface area contributed by atoms with E-state index in [1.807, 2.05) is 24.3 Å². The quantitative estimate of drug-likeness (QED) is 0.353. The summed E-state index contributed by atoms with van der Waals surface area (Å²) in [5.41, 5.74) is 8.33. The average molecular weight is 477 g/mol. The van der Waals surface area contributed by atoms with Crippen molar-refractivity contribution in [2.24, 2.45) is 10.7 Å². The Hall–Kier alpha value is -2.10. The van der Waals surface area contributed by atoms with Crippen molar-refractivity contribution in [1.29, 1.82) is 0 Å². The number of anilines is 1. The fourth-order valence-corrected chi connectivity index (χ4v) is 2.20. The van der Waals surface area contributed by atoms with Crippen molar-refractivity contribution in [2.45, 2.75) is 26.5 Å². The molecule has 0 aliphatic carbocycles. The van der Waals surface area contributed by atoms with Crippen LogP contribution in [0.2, 0.25) is 0 Å². The summed E-state index contributed by atoms with van der Waals surface area (Å²) in [6.45, 7) is -0.764. The number of hydrogen-bond donors (Lipinski definition) is 2. The number of nitrogens with zero attached hydrogens (tertiary/aromatic N) is 1. The number of aliphatic imine (C=N–C) groups is 1. The number of nitrogens with two attached hydrogens (primary N) is 1. The minimum Gasteiger partial charge on any atom is -0.497 e. The molecule has 2 rings (SSSR count). The molecule has 2 aromatic rings. The van der Waals surface area contributed by atoms with Gasteiger partial charge in [-0.15, -0.1) is 24.0 Å². The third-order valence-electron chi connectivity index (χ3n) is 3.54. The summed E-state index contributed by atoms with van der Waals surface area (Å²) in [5, 5.41) is 2.96. The lowest BCUT2D eigenvalue weighted by atomic mass is 10.1. The van der Waals surface area contributed by atoms with E-state index < -0.39 is 6.61 Å². The number of rotatable bonds is 7. The van der Waals surface area contributed by atoms with E-state index in [0.29, 0.717) is 11.3 Å². The molecule has 26 heavy (non-hydrogen) atoms. The van der Waals surface area contributed by atoms with Gasteiger partial charge in [0.1, 0.15) is 11.5 Å². The first-order valence-corrected chi connectivity index (χ1v) is 7.79. The van der Waals surface area contributed by atoms with E-state index in [9.17, 15) is 8.78 Å². The van der Waals surface area contributed by atoms with E-state index in [4.69, 9.17) is 10.5 Å². The molecule has 8 heteroatoms. The number of methoxy groups -OCH3 is 1. The Labute approximate surface area is 168 Å². The molecule has 0 spiro atoms. The predicted molar refractivity (Wildman–Crippen MR) is 110 cm³/mol. The molecule has 0 unspecified atom stereocenters. The van der Waals surface area contributed by atoms with Gasteiger partial charge in [0.15, 0.2) is 5.96 Å². The van der Waals surface area contributed by atoms with Gasteiger partial charge in [0.2, 0.25) is 0 Å². The smallest absolute Gasteiger partial charge is 0.387 e. The number of guanidine groups is 1. The molecule has 142 valence electrons. The number of benzene rings is 2. The van der Waals surface area contributed by atoms with Crippen molar-refractivity contribution in [3.05, 3.63) is 53.6 Å². The third-order valence-corrected chi connectivity index (χ3v) is 3.54. The Morgan fingerprint density at radius 2 is 1.88 bits per heavy atom. The molecule has 0 aromatic heterocycles. The largest absolute Gasteiger partial charge is 0.497 e. The van der Waals surface area contributed by atoms with Crippen molar-refractivity contribution < 1.29 is 18.3 Å². The van der Waals surface area contributed by atoms with E-state index in [1.54, 1.807) is 12.1 Å². The Kier molecular flexibility index (Phi) is 9.11. The highest BCUT2D eigenvalue weighted by atomic mass is 127. The number of halogens is 3. The van der Waals surface area contributed by atoms with Crippen LogP contribution in [0, 0.1) is 0 Å². The van der Waals surface area contributed by atoms with E-state index in [0.717, 1.165) is 12.1 Å². The SMILES string of the molecule is CCc1ccc(NC(N)=NCc2cc(OC)ccc2OC(F)F)cc1.I. The second-order valence-corrected chi connectivity index (χ2v) is 5.23. The van der Waals surface area contributed by atoms with Gasteiger partial charge < -0.3 is 20.5 Å². The van der Waals surface area contributed by atoms with Crippen molar-refractivity contribution in [1.82, 2.24) is 0 Å². The van der Waals surface area contributed by atoms with Gasteiger partial charge >= 0.3 is 6.61 Å². The predicted octanol–water partition coefficient (Wildman–Crippen LogP) is 4.40. The molecule has 0 aliphatic rings. The molecular weight excluding hydrogens is 455 g/mol. The van der Waals surface area contributed by atoms with Crippen molar-refractivity contribution in [3.8, 4) is 11.5 Å². The lowest BCUT2D eigenvalue weighted by Gasteiger charge is -2.11. The molecule has 0 fully saturated rings. The monoisotopic (exact) mass is 477 g/mol. The highest BCUT2D eigenvalue weighted by Crippen LogP contribution is 2.26. The Bertz CT molecular complexity index is 725. The number of hydrogen-bond acceptors (Lipinski definition) is 3. The minimum absolute atomic E-state index is 0. The summed E-state index contributed by atoms with van der Waals surface area (Å²) in [6, 6.07) is 12.3. The summed E-state index contributed by atoms with van der Waals surface area (Å²) in [5.74, 6) is 0.739. The van der Waals surface area contributed by atoms with Gasteiger partial charge in [0, 0.05) is 11.3 Å². The highest BCUT2D eigenvalue weighted by molar-refractivity contribution is 14.0. The molecular formula is C18H22F2IN3O2. The van der Waals surface area contributed by atoms with E-state index >= 15 is 0 Å². The fourth-order valence-electron chi connectivity index (χ4n) is 2.20. The van der Waals surface area contributed by atoms with Crippen molar-refractivity contribution in [2.75, 3.05) is 12.4 Å². The molecule has 0 amide bonds. The van der Waals surface area contributed by atoms with Gasteiger partial charge in [0.25, 0.3) is 0 Å². The summed E-state index contributed by atoms with van der Waals surface area (Å²) in [4.78, 5) is 4.18. The third kappa shape index (κ3) is 6.66. The fraction of sp³-hybridized carbons (Fsp3) is 0.278. The second kappa shape index (κ2) is 10.8. The van der Waals surface area contributed by atoms with Crippen LogP contribution in [-0.2, 0) is 13.0 Å². The molecule has 0 bridgehead atoms. The summed E-state index contributed by atoms with van der Waals surface area (Å²) in [6.07, 6.45) is 0.951. The zero-order valence-electron chi connectivity index (χ0n) is 14.5. The lowest BCUT2D eigenvalue weighted by molar-refractivity contribution is -0.0504. The summed E-state index contributed by atoms with van der Waals surface area (Å²) < 4.78 is 34.6. The highest BCUT2D eigenvalue weighted by Gasteiger charge is 2.11. The first-order valence-electron chi connectivity index (χ1n) is 7.79. The number of aryl methyl sites for hydroxylation is 1. The van der Waals surface area contributed by atoms with Crippen LogP contribution in [0.25, 0.3) is 0 Å². The Balaban J connectivity index is 0.00000338. The molecule has 2 aromatic carbocycles. The van der Waals surface area contributed by atoms with Crippen molar-refractivity contribution in [3.63, 3.8) is 0 Å². The first-order chi connectivity index (χ1) is 12.0. The zero-order valence-corrected chi connectivity index (χ0v) is 16.9. The first kappa shape index (κ1) is 21.9. The van der Waals surface area contributed by atoms with Crippen molar-refractivity contribution >= 4 is 35.6 Å². The van der Waals surface area contributed by atoms with E-state index in [2.05, 4.69) is 22.0 Å². The molecule has 0 aliphatic heterocycles. The van der Waals surface area contributed by atoms with Gasteiger partial charge in [-0.1, -0.05) is 19.1 Å². The van der Waals surface area contributed by atoms with E-state index in [1.165, 1.54) is 18.7 Å². The number of alkyl halides is 2. The van der Waals surface area contributed by atoms with Crippen LogP contribution >= 0.6 is 24.0 Å². The topological polar surface area (TPSA) is 68.9 Å². The molecule has 0 saturated carbocycles. The Morgan fingerprint density at radius 3 is 2.46 bits per heavy atom. The number of nitrogens with one attached hydrogen (secondary N) is 1. The summed E-state index contributed by atoms with van der Waals surface area (Å²) >= 11 is 0. The van der Waals surface area contributed by atoms with Gasteiger partial charge in [0.05, 0.1) is 13.7 Å². The molecule has 0 radical (unpaired) electrons. The van der Waals surface area contributed by atoms with Crippen LogP contribution in [0.1, 0.15) is 18.1 Å². The molecule has 5 nitrogen and oxygen atoms in total. The van der Waals surface area contributed by atoms with Crippen LogP contribution in [0.5, 0.6) is 11.5 Å². The average Bonchev–Trinajstić information content (AvgIpc) is 2.61. The van der Waals surface area contributed by atoms with Gasteiger partial charge in [-0.2, -0.15) is 8.78 Å².